The molecule has 23 heavy (non-hydrogen) atoms. The summed E-state index contributed by atoms with van der Waals surface area (Å²) in [5.74, 6) is 1.08. The molecule has 3 rings (SSSR count). The number of carbonyl (C=O) groups excluding carboxylic acids is 1. The highest BCUT2D eigenvalue weighted by Gasteiger charge is 2.12. The minimum Gasteiger partial charge on any atom is -0.495 e. The maximum Gasteiger partial charge on any atom is 0.230 e. The van der Waals surface area contributed by atoms with Crippen LogP contribution in [0, 0.1) is 0 Å². The lowest BCUT2D eigenvalue weighted by Crippen LogP contribution is -2.15. The molecule has 0 radical (unpaired) electrons. The zero-order valence-electron chi connectivity index (χ0n) is 12.7. The zero-order valence-corrected chi connectivity index (χ0v) is 12.7. The minimum absolute atomic E-state index is 0.133. The molecule has 0 bridgehead atoms. The summed E-state index contributed by atoms with van der Waals surface area (Å²) in [4.78, 5) is 12.1. The Morgan fingerprint density at radius 1 is 1.13 bits per heavy atom. The van der Waals surface area contributed by atoms with Crippen LogP contribution in [-0.4, -0.2) is 18.2 Å². The molecular formula is C18H16N2O3. The average molecular weight is 308 g/mol. The van der Waals surface area contributed by atoms with E-state index in [9.17, 15) is 4.79 Å². The third-order valence-electron chi connectivity index (χ3n) is 3.34. The van der Waals surface area contributed by atoms with Crippen molar-refractivity contribution < 1.29 is 14.1 Å². The standard InChI is InChI=1S/C18H16N2O3/c1-22-16-10-6-5-9-15(16)19-18(21)12-14-11-17(23-20-14)13-7-3-2-4-8-13/h2-11H,12H2,1H3,(H,19,21). The number of para-hydroxylation sites is 2. The van der Waals surface area contributed by atoms with Crippen molar-refractivity contribution in [2.24, 2.45) is 0 Å². The second-order valence-electron chi connectivity index (χ2n) is 4.97. The number of rotatable bonds is 5. The summed E-state index contributed by atoms with van der Waals surface area (Å²) in [6.07, 6.45) is 0.133. The van der Waals surface area contributed by atoms with Gasteiger partial charge in [0.1, 0.15) is 5.75 Å². The summed E-state index contributed by atoms with van der Waals surface area (Å²) < 4.78 is 10.5. The zero-order chi connectivity index (χ0) is 16.1. The first-order valence-corrected chi connectivity index (χ1v) is 7.20. The van der Waals surface area contributed by atoms with E-state index >= 15 is 0 Å². The topological polar surface area (TPSA) is 64.4 Å². The predicted molar refractivity (Wildman–Crippen MR) is 87.3 cm³/mol. The molecule has 1 heterocycles. The molecule has 0 fully saturated rings. The molecule has 0 aliphatic carbocycles. The van der Waals surface area contributed by atoms with Crippen LogP contribution in [-0.2, 0) is 11.2 Å². The average Bonchev–Trinajstić information content (AvgIpc) is 3.04. The molecule has 0 spiro atoms. The first kappa shape index (κ1) is 14.8. The fourth-order valence-corrected chi connectivity index (χ4v) is 2.24. The highest BCUT2D eigenvalue weighted by atomic mass is 16.5. The largest absolute Gasteiger partial charge is 0.495 e. The van der Waals surface area contributed by atoms with Crippen molar-refractivity contribution in [2.75, 3.05) is 12.4 Å². The van der Waals surface area contributed by atoms with Crippen LogP contribution in [0.25, 0.3) is 11.3 Å². The molecule has 1 amide bonds. The van der Waals surface area contributed by atoms with Crippen LogP contribution < -0.4 is 10.1 Å². The van der Waals surface area contributed by atoms with Crippen molar-refractivity contribution in [2.45, 2.75) is 6.42 Å². The van der Waals surface area contributed by atoms with E-state index in [-0.39, 0.29) is 12.3 Å². The summed E-state index contributed by atoms with van der Waals surface area (Å²) in [6, 6.07) is 18.7. The monoisotopic (exact) mass is 308 g/mol. The number of ether oxygens (including phenoxy) is 1. The van der Waals surface area contributed by atoms with Crippen molar-refractivity contribution >= 4 is 11.6 Å². The Morgan fingerprint density at radius 3 is 2.65 bits per heavy atom. The van der Waals surface area contributed by atoms with E-state index < -0.39 is 0 Å². The van der Waals surface area contributed by atoms with Crippen molar-refractivity contribution in [3.8, 4) is 17.1 Å². The Bertz CT molecular complexity index is 797. The van der Waals surface area contributed by atoms with Crippen LogP contribution in [0.3, 0.4) is 0 Å². The number of anilines is 1. The fourth-order valence-electron chi connectivity index (χ4n) is 2.24. The van der Waals surface area contributed by atoms with E-state index in [0.717, 1.165) is 5.56 Å². The molecule has 2 aromatic carbocycles. The number of nitrogens with zero attached hydrogens (tertiary/aromatic N) is 1. The normalized spacial score (nSPS) is 10.3. The Morgan fingerprint density at radius 2 is 1.87 bits per heavy atom. The van der Waals surface area contributed by atoms with Gasteiger partial charge in [-0.2, -0.15) is 0 Å². The van der Waals surface area contributed by atoms with E-state index in [1.807, 2.05) is 42.5 Å². The molecule has 0 unspecified atom stereocenters. The number of benzene rings is 2. The van der Waals surface area contributed by atoms with Crippen molar-refractivity contribution in [1.29, 1.82) is 0 Å². The van der Waals surface area contributed by atoms with Gasteiger partial charge >= 0.3 is 0 Å². The number of nitrogens with one attached hydrogen (secondary N) is 1. The summed E-state index contributed by atoms with van der Waals surface area (Å²) >= 11 is 0. The molecule has 1 N–H and O–H groups in total. The van der Waals surface area contributed by atoms with Crippen LogP contribution in [0.2, 0.25) is 0 Å². The quantitative estimate of drug-likeness (QED) is 0.783. The Hall–Kier alpha value is -3.08. The number of amides is 1. The minimum atomic E-state index is -0.178. The van der Waals surface area contributed by atoms with Crippen LogP contribution >= 0.6 is 0 Å². The van der Waals surface area contributed by atoms with E-state index in [0.29, 0.717) is 22.9 Å². The molecule has 0 aliphatic heterocycles. The Kier molecular flexibility index (Phi) is 4.38. The van der Waals surface area contributed by atoms with Gasteiger partial charge < -0.3 is 14.6 Å². The van der Waals surface area contributed by atoms with Crippen LogP contribution in [0.5, 0.6) is 5.75 Å². The highest BCUT2D eigenvalue weighted by Crippen LogP contribution is 2.24. The van der Waals surface area contributed by atoms with Crippen LogP contribution in [0.1, 0.15) is 5.69 Å². The highest BCUT2D eigenvalue weighted by molar-refractivity contribution is 5.93. The maximum atomic E-state index is 12.1. The summed E-state index contributed by atoms with van der Waals surface area (Å²) in [5, 5.41) is 6.76. The van der Waals surface area contributed by atoms with Crippen molar-refractivity contribution in [3.63, 3.8) is 0 Å². The van der Waals surface area contributed by atoms with Gasteiger partial charge in [0, 0.05) is 11.6 Å². The van der Waals surface area contributed by atoms with Gasteiger partial charge in [-0.25, -0.2) is 0 Å². The molecule has 3 aromatic rings. The Labute approximate surface area is 133 Å². The first-order valence-electron chi connectivity index (χ1n) is 7.20. The molecule has 116 valence electrons. The Balaban J connectivity index is 1.68. The third kappa shape index (κ3) is 3.58. The van der Waals surface area contributed by atoms with Gasteiger partial charge in [0.25, 0.3) is 0 Å². The molecule has 5 nitrogen and oxygen atoms in total. The van der Waals surface area contributed by atoms with E-state index in [1.165, 1.54) is 0 Å². The first-order chi connectivity index (χ1) is 11.3. The van der Waals surface area contributed by atoms with Gasteiger partial charge in [-0.3, -0.25) is 4.79 Å². The lowest BCUT2D eigenvalue weighted by molar-refractivity contribution is -0.115. The van der Waals surface area contributed by atoms with Gasteiger partial charge in [0.15, 0.2) is 5.76 Å². The van der Waals surface area contributed by atoms with Gasteiger partial charge in [-0.15, -0.1) is 0 Å². The predicted octanol–water partition coefficient (Wildman–Crippen LogP) is 3.53. The van der Waals surface area contributed by atoms with Crippen molar-refractivity contribution in [1.82, 2.24) is 5.16 Å². The lowest BCUT2D eigenvalue weighted by Gasteiger charge is -2.08. The summed E-state index contributed by atoms with van der Waals surface area (Å²) in [7, 11) is 1.56. The molecule has 5 heteroatoms. The lowest BCUT2D eigenvalue weighted by atomic mass is 10.1. The smallest absolute Gasteiger partial charge is 0.230 e. The number of aromatic nitrogens is 1. The fraction of sp³-hybridized carbons (Fsp3) is 0.111. The molecule has 0 saturated heterocycles. The van der Waals surface area contributed by atoms with Gasteiger partial charge in [-0.05, 0) is 12.1 Å². The van der Waals surface area contributed by atoms with E-state index in [2.05, 4.69) is 10.5 Å². The van der Waals surface area contributed by atoms with Crippen LogP contribution in [0.15, 0.2) is 65.2 Å². The number of carbonyl (C=O) groups is 1. The second-order valence-corrected chi connectivity index (χ2v) is 4.97. The maximum absolute atomic E-state index is 12.1. The SMILES string of the molecule is COc1ccccc1NC(=O)Cc1cc(-c2ccccc2)on1. The van der Waals surface area contributed by atoms with Crippen molar-refractivity contribution in [3.05, 3.63) is 66.4 Å². The second kappa shape index (κ2) is 6.79. The molecule has 0 aliphatic rings. The van der Waals surface area contributed by atoms with Gasteiger partial charge in [0.2, 0.25) is 5.91 Å². The van der Waals surface area contributed by atoms with Gasteiger partial charge in [0.05, 0.1) is 24.9 Å². The molecule has 0 atom stereocenters. The molecule has 1 aromatic heterocycles. The summed E-state index contributed by atoms with van der Waals surface area (Å²) in [5.41, 5.74) is 2.14. The summed E-state index contributed by atoms with van der Waals surface area (Å²) in [6.45, 7) is 0. The molecular weight excluding hydrogens is 292 g/mol. The van der Waals surface area contributed by atoms with E-state index in [1.54, 1.807) is 25.3 Å². The molecule has 0 saturated carbocycles. The van der Waals surface area contributed by atoms with Crippen LogP contribution in [0.4, 0.5) is 5.69 Å². The third-order valence-corrected chi connectivity index (χ3v) is 3.34. The van der Waals surface area contributed by atoms with E-state index in [4.69, 9.17) is 9.26 Å². The number of methoxy groups -OCH3 is 1. The number of hydrogen-bond acceptors (Lipinski definition) is 4. The number of hydrogen-bond donors (Lipinski definition) is 1. The van der Waals surface area contributed by atoms with Gasteiger partial charge in [-0.1, -0.05) is 47.6 Å².